The smallest absolute Gasteiger partial charge is 0.324 e. The molecule has 42 heavy (non-hydrogen) atoms. The van der Waals surface area contributed by atoms with E-state index >= 15 is 0 Å². The first-order valence-corrected chi connectivity index (χ1v) is 13.5. The number of hydrogen-bond acceptors (Lipinski definition) is 8. The van der Waals surface area contributed by atoms with Gasteiger partial charge in [0.2, 0.25) is 5.95 Å². The van der Waals surface area contributed by atoms with Crippen molar-refractivity contribution in [1.82, 2.24) is 29.7 Å². The molecule has 4 aromatic rings. The largest absolute Gasteiger partial charge is 0.416 e. The Morgan fingerprint density at radius 2 is 1.86 bits per heavy atom. The van der Waals surface area contributed by atoms with Crippen molar-refractivity contribution in [2.24, 2.45) is 0 Å². The first-order valence-electron chi connectivity index (χ1n) is 13.5. The third-order valence-electron chi connectivity index (χ3n) is 7.37. The molecule has 12 heteroatoms. The molecule has 1 amide bonds. The lowest BCUT2D eigenvalue weighted by Crippen LogP contribution is -2.49. The van der Waals surface area contributed by atoms with Crippen LogP contribution in [-0.4, -0.2) is 68.4 Å². The zero-order valence-corrected chi connectivity index (χ0v) is 23.5. The number of rotatable bonds is 7. The Kier molecular flexibility index (Phi) is 8.46. The van der Waals surface area contributed by atoms with Crippen molar-refractivity contribution >= 4 is 23.2 Å². The van der Waals surface area contributed by atoms with Crippen molar-refractivity contribution in [3.63, 3.8) is 0 Å². The molecule has 2 aromatic carbocycles. The number of carbonyl (C=O) groups is 1. The van der Waals surface area contributed by atoms with Gasteiger partial charge in [0.1, 0.15) is 6.33 Å². The van der Waals surface area contributed by atoms with Gasteiger partial charge < -0.3 is 15.5 Å². The quantitative estimate of drug-likeness (QED) is 0.302. The Morgan fingerprint density at radius 3 is 2.60 bits per heavy atom. The van der Waals surface area contributed by atoms with Crippen LogP contribution >= 0.6 is 0 Å². The second kappa shape index (κ2) is 12.2. The Balaban J connectivity index is 1.32. The first kappa shape index (κ1) is 29.1. The summed E-state index contributed by atoms with van der Waals surface area (Å²) in [6, 6.07) is 10.9. The number of benzene rings is 2. The first-order chi connectivity index (χ1) is 20.1. The van der Waals surface area contributed by atoms with Gasteiger partial charge in [-0.3, -0.25) is 9.69 Å². The molecule has 2 N–H and O–H groups in total. The van der Waals surface area contributed by atoms with Gasteiger partial charge in [0.15, 0.2) is 0 Å². The summed E-state index contributed by atoms with van der Waals surface area (Å²) < 4.78 is 42.2. The number of piperazine rings is 1. The lowest BCUT2D eigenvalue weighted by atomic mass is 10.0. The lowest BCUT2D eigenvalue weighted by Gasteiger charge is -2.38. The molecule has 0 unspecified atom stereocenters. The second-order valence-corrected chi connectivity index (χ2v) is 10.4. The fourth-order valence-electron chi connectivity index (χ4n) is 4.80. The van der Waals surface area contributed by atoms with Crippen LogP contribution in [0.1, 0.15) is 34.0 Å². The number of hydrogen-bond donors (Lipinski definition) is 2. The van der Waals surface area contributed by atoms with Crippen LogP contribution in [0.3, 0.4) is 0 Å². The van der Waals surface area contributed by atoms with Gasteiger partial charge in [0, 0.05) is 73.3 Å². The van der Waals surface area contributed by atoms with Gasteiger partial charge in [-0.1, -0.05) is 12.1 Å². The Labute approximate surface area is 241 Å². The van der Waals surface area contributed by atoms with E-state index in [1.165, 1.54) is 18.5 Å². The highest BCUT2D eigenvalue weighted by Gasteiger charge is 2.34. The average molecular weight is 577 g/mol. The highest BCUT2D eigenvalue weighted by atomic mass is 19.4. The Morgan fingerprint density at radius 1 is 1.07 bits per heavy atom. The van der Waals surface area contributed by atoms with Gasteiger partial charge in [-0.05, 0) is 62.4 Å². The summed E-state index contributed by atoms with van der Waals surface area (Å²) in [7, 11) is 2.01. The zero-order chi connectivity index (χ0) is 29.9. The fourth-order valence-corrected chi connectivity index (χ4v) is 4.80. The van der Waals surface area contributed by atoms with Crippen LogP contribution in [0.4, 0.5) is 30.5 Å². The molecule has 0 saturated carbocycles. The minimum absolute atomic E-state index is 0.0685. The number of alkyl halides is 3. The highest BCUT2D eigenvalue weighted by molar-refractivity contribution is 6.05. The van der Waals surface area contributed by atoms with E-state index in [1.807, 2.05) is 18.9 Å². The molecule has 1 fully saturated rings. The van der Waals surface area contributed by atoms with Crippen LogP contribution in [0.2, 0.25) is 0 Å². The Hall–Kier alpha value is -4.42. The van der Waals surface area contributed by atoms with Crippen LogP contribution in [0.15, 0.2) is 67.4 Å². The van der Waals surface area contributed by atoms with Crippen molar-refractivity contribution in [3.05, 3.63) is 89.6 Å². The molecule has 0 bridgehead atoms. The number of amides is 1. The molecule has 1 atom stereocenters. The van der Waals surface area contributed by atoms with Crippen molar-refractivity contribution in [1.29, 1.82) is 0 Å². The molecule has 5 rings (SSSR count). The summed E-state index contributed by atoms with van der Waals surface area (Å²) in [5, 5.41) is 5.75. The summed E-state index contributed by atoms with van der Waals surface area (Å²) in [6.07, 6.45) is 1.74. The Bertz CT molecular complexity index is 1560. The fraction of sp³-hybridized carbons (Fsp3) is 0.300. The van der Waals surface area contributed by atoms with Crippen molar-refractivity contribution in [2.75, 3.05) is 37.3 Å². The summed E-state index contributed by atoms with van der Waals surface area (Å²) in [5.74, 6) is -0.236. The van der Waals surface area contributed by atoms with Gasteiger partial charge in [0.05, 0.1) is 11.3 Å². The number of nitrogens with one attached hydrogen (secondary N) is 2. The number of aromatic nitrogens is 4. The van der Waals surface area contributed by atoms with Crippen LogP contribution in [-0.2, 0) is 12.7 Å². The number of likely N-dealkylation sites (N-methyl/N-ethyl adjacent to an activating group) is 1. The molecular weight excluding hydrogens is 545 g/mol. The molecule has 3 heterocycles. The molecule has 1 aliphatic heterocycles. The van der Waals surface area contributed by atoms with Crippen LogP contribution in [0, 0.1) is 6.92 Å². The maximum Gasteiger partial charge on any atom is 0.416 e. The predicted molar refractivity (Wildman–Crippen MR) is 154 cm³/mol. The standard InChI is InChI=1S/C30H31F3N8O/c1-19-4-5-21(12-27(19)39-29-36-9-8-26(38-29)23-14-34-18-35-15-23)28(42)37-24-7-6-22(25(13-24)30(31,32)33)17-41-11-10-40(3)20(2)16-41/h4-9,12-15,18,20H,10-11,16-17H2,1-3H3,(H,37,42)(H,36,38,39)/t20-/m0/s1. The highest BCUT2D eigenvalue weighted by Crippen LogP contribution is 2.35. The molecule has 1 aliphatic rings. The van der Waals surface area contributed by atoms with E-state index in [9.17, 15) is 18.0 Å². The SMILES string of the molecule is Cc1ccc(C(=O)Nc2ccc(CN3CCN(C)[C@@H](C)C3)c(C(F)(F)F)c2)cc1Nc1nccc(-c2cncnc2)n1. The molecular formula is C30H31F3N8O. The van der Waals surface area contributed by atoms with E-state index in [0.29, 0.717) is 30.4 Å². The minimum atomic E-state index is -4.56. The topological polar surface area (TPSA) is 99.2 Å². The minimum Gasteiger partial charge on any atom is -0.324 e. The maximum absolute atomic E-state index is 14.1. The van der Waals surface area contributed by atoms with Gasteiger partial charge in [-0.15, -0.1) is 0 Å². The van der Waals surface area contributed by atoms with E-state index in [0.717, 1.165) is 23.7 Å². The van der Waals surface area contributed by atoms with E-state index in [4.69, 9.17) is 0 Å². The molecule has 1 saturated heterocycles. The number of anilines is 3. The number of nitrogens with zero attached hydrogens (tertiary/aromatic N) is 6. The third-order valence-corrected chi connectivity index (χ3v) is 7.37. The van der Waals surface area contributed by atoms with E-state index in [1.54, 1.807) is 42.9 Å². The molecule has 0 aliphatic carbocycles. The number of aryl methyl sites for hydroxylation is 1. The molecule has 2 aromatic heterocycles. The van der Waals surface area contributed by atoms with Gasteiger partial charge in [0.25, 0.3) is 5.91 Å². The van der Waals surface area contributed by atoms with Gasteiger partial charge in [-0.2, -0.15) is 13.2 Å². The normalized spacial score (nSPS) is 16.3. The zero-order valence-electron chi connectivity index (χ0n) is 23.5. The van der Waals surface area contributed by atoms with Crippen LogP contribution < -0.4 is 10.6 Å². The van der Waals surface area contributed by atoms with Gasteiger partial charge in [-0.25, -0.2) is 19.9 Å². The maximum atomic E-state index is 14.1. The van der Waals surface area contributed by atoms with Crippen molar-refractivity contribution < 1.29 is 18.0 Å². The van der Waals surface area contributed by atoms with Crippen LogP contribution in [0.25, 0.3) is 11.3 Å². The summed E-state index contributed by atoms with van der Waals surface area (Å²) in [4.78, 5) is 34.1. The molecule has 0 radical (unpaired) electrons. The van der Waals surface area contributed by atoms with E-state index in [-0.39, 0.29) is 29.4 Å². The summed E-state index contributed by atoms with van der Waals surface area (Å²) in [6.45, 7) is 6.28. The summed E-state index contributed by atoms with van der Waals surface area (Å²) >= 11 is 0. The predicted octanol–water partition coefficient (Wildman–Crippen LogP) is 5.39. The van der Waals surface area contributed by atoms with E-state index < -0.39 is 17.6 Å². The monoisotopic (exact) mass is 576 g/mol. The molecule has 0 spiro atoms. The van der Waals surface area contributed by atoms with Crippen molar-refractivity contribution in [2.45, 2.75) is 32.6 Å². The number of carbonyl (C=O) groups excluding carboxylic acids is 1. The number of halogens is 3. The molecule has 218 valence electrons. The van der Waals surface area contributed by atoms with Crippen molar-refractivity contribution in [3.8, 4) is 11.3 Å². The average Bonchev–Trinajstić information content (AvgIpc) is 2.97. The molecule has 9 nitrogen and oxygen atoms in total. The summed E-state index contributed by atoms with van der Waals surface area (Å²) in [5.41, 5.74) is 2.50. The van der Waals surface area contributed by atoms with Gasteiger partial charge >= 0.3 is 6.18 Å². The van der Waals surface area contributed by atoms with Crippen LogP contribution in [0.5, 0.6) is 0 Å². The van der Waals surface area contributed by atoms with E-state index in [2.05, 4.69) is 42.4 Å². The lowest BCUT2D eigenvalue weighted by molar-refractivity contribution is -0.138. The second-order valence-electron chi connectivity index (χ2n) is 10.4. The third kappa shape index (κ3) is 6.89.